The average Bonchev–Trinajstić information content (AvgIpc) is 2.72. The van der Waals surface area contributed by atoms with Crippen molar-refractivity contribution < 1.29 is 17.9 Å². The van der Waals surface area contributed by atoms with Crippen molar-refractivity contribution in [2.45, 2.75) is 10.8 Å². The van der Waals surface area contributed by atoms with Crippen LogP contribution in [0.1, 0.15) is 22.6 Å². The molecule has 1 aliphatic heterocycles. The van der Waals surface area contributed by atoms with Gasteiger partial charge >= 0.3 is 0 Å². The number of rotatable bonds is 4. The Bertz CT molecular complexity index is 1170. The molecule has 0 fully saturated rings. The zero-order valence-corrected chi connectivity index (χ0v) is 15.6. The topological polar surface area (TPSA) is 86.5 Å². The average molecular weight is 391 g/mol. The zero-order valence-electron chi connectivity index (χ0n) is 14.8. The van der Waals surface area contributed by atoms with Crippen LogP contribution in [0, 0.1) is 0 Å². The van der Waals surface area contributed by atoms with E-state index in [9.17, 15) is 13.2 Å². The number of ether oxygens (including phenoxy) is 1. The number of para-hydroxylation sites is 1. The molecule has 1 atom stereocenters. The molecule has 3 aromatic carbocycles. The normalized spacial score (nSPS) is 16.2. The van der Waals surface area contributed by atoms with Crippen molar-refractivity contribution in [3.8, 4) is 5.75 Å². The first-order valence-corrected chi connectivity index (χ1v) is 10.2. The molecule has 5 nitrogen and oxygen atoms in total. The van der Waals surface area contributed by atoms with Crippen molar-refractivity contribution >= 4 is 27.6 Å². The van der Waals surface area contributed by atoms with Gasteiger partial charge in [-0.1, -0.05) is 48.5 Å². The van der Waals surface area contributed by atoms with Crippen molar-refractivity contribution in [1.82, 2.24) is 0 Å². The summed E-state index contributed by atoms with van der Waals surface area (Å²) in [5.41, 5.74) is 3.05. The second-order valence-electron chi connectivity index (χ2n) is 6.43. The van der Waals surface area contributed by atoms with Crippen molar-refractivity contribution in [2.75, 3.05) is 0 Å². The van der Waals surface area contributed by atoms with Gasteiger partial charge in [-0.2, -0.15) is 0 Å². The molecule has 1 heterocycles. The molecule has 0 amide bonds. The first kappa shape index (κ1) is 18.2. The molecule has 28 heavy (non-hydrogen) atoms. The molecule has 0 saturated carbocycles. The van der Waals surface area contributed by atoms with Gasteiger partial charge in [0.05, 0.1) is 10.8 Å². The first-order chi connectivity index (χ1) is 13.5. The van der Waals surface area contributed by atoms with Gasteiger partial charge in [-0.05, 0) is 35.9 Å². The minimum Gasteiger partial charge on any atom is -0.456 e. The second-order valence-corrected chi connectivity index (χ2v) is 7.99. The fourth-order valence-corrected chi connectivity index (χ4v) is 3.89. The van der Waals surface area contributed by atoms with Gasteiger partial charge in [0.15, 0.2) is 0 Å². The zero-order chi connectivity index (χ0) is 19.7. The van der Waals surface area contributed by atoms with Gasteiger partial charge in [-0.3, -0.25) is 0 Å². The van der Waals surface area contributed by atoms with Gasteiger partial charge in [-0.15, -0.1) is 0 Å². The summed E-state index contributed by atoms with van der Waals surface area (Å²) in [6.07, 6.45) is 0.905. The van der Waals surface area contributed by atoms with Crippen LogP contribution in [0.2, 0.25) is 0 Å². The lowest BCUT2D eigenvalue weighted by Crippen LogP contribution is -2.16. The molecule has 4 rings (SSSR count). The Labute approximate surface area is 163 Å². The van der Waals surface area contributed by atoms with E-state index in [1.54, 1.807) is 12.1 Å². The standard InChI is InChI=1S/C22H17NO4S/c23-28(25,26)17-12-10-16(11-13-17)22-21(15-6-2-1-3-7-15)19(14-24)18-8-4-5-9-20(18)27-22/h1-14,19H,(H2,23,25,26). The highest BCUT2D eigenvalue weighted by Crippen LogP contribution is 2.45. The molecule has 0 spiro atoms. The number of allylic oxidation sites excluding steroid dienone is 1. The number of carbonyl (C=O) groups is 1. The minimum atomic E-state index is -3.79. The molecule has 0 saturated heterocycles. The van der Waals surface area contributed by atoms with Crippen molar-refractivity contribution in [1.29, 1.82) is 0 Å². The van der Waals surface area contributed by atoms with E-state index >= 15 is 0 Å². The fourth-order valence-electron chi connectivity index (χ4n) is 3.37. The Morgan fingerprint density at radius 3 is 2.11 bits per heavy atom. The monoisotopic (exact) mass is 391 g/mol. The lowest BCUT2D eigenvalue weighted by molar-refractivity contribution is -0.108. The number of carbonyl (C=O) groups excluding carboxylic acids is 1. The molecule has 2 N–H and O–H groups in total. The van der Waals surface area contributed by atoms with Crippen molar-refractivity contribution in [3.63, 3.8) is 0 Å². The SMILES string of the molecule is NS(=O)(=O)c1ccc(C2=C(c3ccccc3)C(C=O)c3ccccc3O2)cc1. The Balaban J connectivity index is 1.94. The summed E-state index contributed by atoms with van der Waals surface area (Å²) in [7, 11) is -3.79. The molecule has 0 aromatic heterocycles. The van der Waals surface area contributed by atoms with Crippen LogP contribution in [0.5, 0.6) is 5.75 Å². The van der Waals surface area contributed by atoms with Crippen LogP contribution >= 0.6 is 0 Å². The molecule has 0 radical (unpaired) electrons. The van der Waals surface area contributed by atoms with Gasteiger partial charge in [0.25, 0.3) is 0 Å². The molecule has 140 valence electrons. The maximum atomic E-state index is 12.1. The molecule has 6 heteroatoms. The van der Waals surface area contributed by atoms with Gasteiger partial charge in [0.2, 0.25) is 10.0 Å². The van der Waals surface area contributed by atoms with Crippen LogP contribution in [-0.2, 0) is 14.8 Å². The lowest BCUT2D eigenvalue weighted by Gasteiger charge is -2.28. The van der Waals surface area contributed by atoms with E-state index in [1.807, 2.05) is 54.6 Å². The number of fused-ring (bicyclic) bond motifs is 1. The highest BCUT2D eigenvalue weighted by atomic mass is 32.2. The minimum absolute atomic E-state index is 0.0151. The molecular formula is C22H17NO4S. The third-order valence-corrected chi connectivity index (χ3v) is 5.62. The number of hydrogen-bond donors (Lipinski definition) is 1. The number of sulfonamides is 1. The highest BCUT2D eigenvalue weighted by Gasteiger charge is 2.31. The van der Waals surface area contributed by atoms with E-state index in [0.717, 1.165) is 23.0 Å². The van der Waals surface area contributed by atoms with Crippen LogP contribution in [0.3, 0.4) is 0 Å². The number of primary sulfonamides is 1. The molecule has 1 aliphatic rings. The van der Waals surface area contributed by atoms with Gasteiger partial charge in [0, 0.05) is 16.7 Å². The summed E-state index contributed by atoms with van der Waals surface area (Å²) in [5, 5.41) is 5.19. The van der Waals surface area contributed by atoms with Crippen molar-refractivity contribution in [2.24, 2.45) is 5.14 Å². The number of nitrogens with two attached hydrogens (primary N) is 1. The maximum Gasteiger partial charge on any atom is 0.238 e. The summed E-state index contributed by atoms with van der Waals surface area (Å²) >= 11 is 0. The summed E-state index contributed by atoms with van der Waals surface area (Å²) in [6.45, 7) is 0. The third kappa shape index (κ3) is 3.24. The Morgan fingerprint density at radius 2 is 1.46 bits per heavy atom. The van der Waals surface area contributed by atoms with E-state index in [4.69, 9.17) is 9.88 Å². The highest BCUT2D eigenvalue weighted by molar-refractivity contribution is 7.89. The lowest BCUT2D eigenvalue weighted by atomic mass is 9.83. The van der Waals surface area contributed by atoms with E-state index < -0.39 is 15.9 Å². The molecule has 0 bridgehead atoms. The Morgan fingerprint density at radius 1 is 0.821 bits per heavy atom. The van der Waals surface area contributed by atoms with Crippen molar-refractivity contribution in [3.05, 3.63) is 95.6 Å². The van der Waals surface area contributed by atoms with Crippen LogP contribution < -0.4 is 9.88 Å². The Hall–Kier alpha value is -3.22. The fraction of sp³-hybridized carbons (Fsp3) is 0.0455. The predicted molar refractivity (Wildman–Crippen MR) is 107 cm³/mol. The Kier molecular flexibility index (Phi) is 4.58. The molecular weight excluding hydrogens is 374 g/mol. The van der Waals surface area contributed by atoms with E-state index in [1.165, 1.54) is 12.1 Å². The molecule has 3 aromatic rings. The van der Waals surface area contributed by atoms with E-state index in [-0.39, 0.29) is 4.90 Å². The molecule has 0 aliphatic carbocycles. The summed E-state index contributed by atoms with van der Waals surface area (Å²) < 4.78 is 29.3. The van der Waals surface area contributed by atoms with E-state index in [2.05, 4.69) is 0 Å². The van der Waals surface area contributed by atoms with Crippen LogP contribution in [0.4, 0.5) is 0 Å². The maximum absolute atomic E-state index is 12.1. The smallest absolute Gasteiger partial charge is 0.238 e. The van der Waals surface area contributed by atoms with Gasteiger partial charge < -0.3 is 9.53 Å². The van der Waals surface area contributed by atoms with Crippen LogP contribution in [0.15, 0.2) is 83.8 Å². The van der Waals surface area contributed by atoms with Gasteiger partial charge in [-0.25, -0.2) is 13.6 Å². The number of aldehydes is 1. The predicted octanol–water partition coefficient (Wildman–Crippen LogP) is 3.58. The number of hydrogen-bond acceptors (Lipinski definition) is 4. The first-order valence-electron chi connectivity index (χ1n) is 8.64. The van der Waals surface area contributed by atoms with E-state index in [0.29, 0.717) is 17.1 Å². The summed E-state index contributed by atoms with van der Waals surface area (Å²) in [4.78, 5) is 12.1. The number of benzene rings is 3. The summed E-state index contributed by atoms with van der Waals surface area (Å²) in [6, 6.07) is 23.1. The molecule has 1 unspecified atom stereocenters. The second kappa shape index (κ2) is 7.07. The van der Waals surface area contributed by atoms with Crippen LogP contribution in [-0.4, -0.2) is 14.7 Å². The summed E-state index contributed by atoms with van der Waals surface area (Å²) in [5.74, 6) is 0.619. The van der Waals surface area contributed by atoms with Gasteiger partial charge in [0.1, 0.15) is 17.8 Å². The quantitative estimate of drug-likeness (QED) is 0.689. The third-order valence-electron chi connectivity index (χ3n) is 4.69. The van der Waals surface area contributed by atoms with Crippen LogP contribution in [0.25, 0.3) is 11.3 Å². The largest absolute Gasteiger partial charge is 0.456 e.